The van der Waals surface area contributed by atoms with E-state index in [2.05, 4.69) is 16.0 Å². The number of hydrogen-bond donors (Lipinski definition) is 4. The Hall–Kier alpha value is -1.47. The molecular weight excluding hydrogens is 274 g/mol. The summed E-state index contributed by atoms with van der Waals surface area (Å²) in [6.07, 6.45) is -0.196. The molecule has 0 bridgehead atoms. The molecule has 0 aliphatic heterocycles. The van der Waals surface area contributed by atoms with Crippen LogP contribution in [0.4, 0.5) is 0 Å². The average molecular weight is 301 g/mol. The Morgan fingerprint density at radius 3 is 1.95 bits per heavy atom. The SMILES string of the molecule is CC(C)CC(O)NCC(=O)NCC(=O)NCC(=O)C(C)C. The van der Waals surface area contributed by atoms with E-state index in [0.29, 0.717) is 12.3 Å². The maximum atomic E-state index is 11.5. The second-order valence-corrected chi connectivity index (χ2v) is 5.70. The molecule has 4 N–H and O–H groups in total. The van der Waals surface area contributed by atoms with Crippen LogP contribution >= 0.6 is 0 Å². The zero-order valence-electron chi connectivity index (χ0n) is 13.2. The minimum atomic E-state index is -0.742. The second-order valence-electron chi connectivity index (χ2n) is 5.70. The summed E-state index contributed by atoms with van der Waals surface area (Å²) in [5.41, 5.74) is 0. The highest BCUT2D eigenvalue weighted by molar-refractivity contribution is 5.89. The fourth-order valence-electron chi connectivity index (χ4n) is 1.43. The predicted octanol–water partition coefficient (Wildman–Crippen LogP) is -0.602. The number of rotatable bonds is 10. The highest BCUT2D eigenvalue weighted by Gasteiger charge is 2.11. The Balaban J connectivity index is 3.78. The summed E-state index contributed by atoms with van der Waals surface area (Å²) in [6.45, 7) is 7.16. The van der Waals surface area contributed by atoms with Crippen molar-refractivity contribution in [3.05, 3.63) is 0 Å². The lowest BCUT2D eigenvalue weighted by atomic mass is 10.1. The summed E-state index contributed by atoms with van der Waals surface area (Å²) >= 11 is 0. The van der Waals surface area contributed by atoms with Crippen LogP contribution in [0.3, 0.4) is 0 Å². The minimum absolute atomic E-state index is 0.0300. The third-order valence-corrected chi connectivity index (χ3v) is 2.74. The van der Waals surface area contributed by atoms with Crippen molar-refractivity contribution in [2.45, 2.75) is 40.3 Å². The fraction of sp³-hybridized carbons (Fsp3) is 0.786. The quantitative estimate of drug-likeness (QED) is 0.403. The van der Waals surface area contributed by atoms with Gasteiger partial charge in [-0.2, -0.15) is 0 Å². The van der Waals surface area contributed by atoms with E-state index in [-0.39, 0.29) is 37.2 Å². The Morgan fingerprint density at radius 2 is 1.43 bits per heavy atom. The molecular formula is C14H27N3O4. The molecule has 0 radical (unpaired) electrons. The normalized spacial score (nSPS) is 12.3. The Bertz CT molecular complexity index is 356. The number of amides is 2. The molecule has 0 aromatic heterocycles. The smallest absolute Gasteiger partial charge is 0.239 e. The van der Waals surface area contributed by atoms with Gasteiger partial charge in [0.05, 0.1) is 19.6 Å². The Morgan fingerprint density at radius 1 is 0.905 bits per heavy atom. The van der Waals surface area contributed by atoms with E-state index in [1.54, 1.807) is 13.8 Å². The molecule has 1 unspecified atom stereocenters. The van der Waals surface area contributed by atoms with E-state index in [0.717, 1.165) is 0 Å². The number of hydrogen-bond acceptors (Lipinski definition) is 5. The van der Waals surface area contributed by atoms with E-state index in [1.807, 2.05) is 13.8 Å². The molecule has 7 nitrogen and oxygen atoms in total. The fourth-order valence-corrected chi connectivity index (χ4v) is 1.43. The zero-order valence-corrected chi connectivity index (χ0v) is 13.2. The number of aliphatic hydroxyl groups is 1. The first-order valence-corrected chi connectivity index (χ1v) is 7.20. The first-order valence-electron chi connectivity index (χ1n) is 7.20. The molecule has 2 amide bonds. The molecule has 0 rings (SSSR count). The van der Waals surface area contributed by atoms with Crippen LogP contribution in [-0.2, 0) is 14.4 Å². The highest BCUT2D eigenvalue weighted by atomic mass is 16.3. The van der Waals surface area contributed by atoms with Crippen LogP contribution in [0.1, 0.15) is 34.1 Å². The number of carbonyl (C=O) groups excluding carboxylic acids is 3. The van der Waals surface area contributed by atoms with Crippen LogP contribution in [-0.4, -0.2) is 48.6 Å². The number of nitrogens with one attached hydrogen (secondary N) is 3. The maximum absolute atomic E-state index is 11.5. The van der Waals surface area contributed by atoms with Crippen molar-refractivity contribution in [1.29, 1.82) is 0 Å². The predicted molar refractivity (Wildman–Crippen MR) is 79.3 cm³/mol. The van der Waals surface area contributed by atoms with Crippen LogP contribution in [0.25, 0.3) is 0 Å². The van der Waals surface area contributed by atoms with Crippen molar-refractivity contribution >= 4 is 17.6 Å². The molecule has 0 saturated carbocycles. The van der Waals surface area contributed by atoms with Gasteiger partial charge in [-0.05, 0) is 12.3 Å². The van der Waals surface area contributed by atoms with Crippen LogP contribution in [0.15, 0.2) is 0 Å². The molecule has 0 aliphatic rings. The summed E-state index contributed by atoms with van der Waals surface area (Å²) in [5, 5.41) is 17.0. The molecule has 21 heavy (non-hydrogen) atoms. The molecule has 122 valence electrons. The van der Waals surface area contributed by atoms with Gasteiger partial charge >= 0.3 is 0 Å². The van der Waals surface area contributed by atoms with Gasteiger partial charge in [0.1, 0.15) is 6.23 Å². The summed E-state index contributed by atoms with van der Waals surface area (Å²) in [5.74, 6) is -0.678. The van der Waals surface area contributed by atoms with Crippen molar-refractivity contribution in [3.8, 4) is 0 Å². The summed E-state index contributed by atoms with van der Waals surface area (Å²) < 4.78 is 0. The van der Waals surface area contributed by atoms with Gasteiger partial charge in [0.25, 0.3) is 0 Å². The number of carbonyl (C=O) groups is 3. The molecule has 0 heterocycles. The maximum Gasteiger partial charge on any atom is 0.239 e. The van der Waals surface area contributed by atoms with Gasteiger partial charge in [0, 0.05) is 5.92 Å². The van der Waals surface area contributed by atoms with E-state index in [9.17, 15) is 19.5 Å². The van der Waals surface area contributed by atoms with Gasteiger partial charge in [-0.25, -0.2) is 0 Å². The molecule has 0 saturated heterocycles. The molecule has 0 aliphatic carbocycles. The van der Waals surface area contributed by atoms with Gasteiger partial charge in [-0.15, -0.1) is 0 Å². The van der Waals surface area contributed by atoms with Crippen LogP contribution in [0.5, 0.6) is 0 Å². The van der Waals surface area contributed by atoms with Crippen molar-refractivity contribution in [2.24, 2.45) is 11.8 Å². The minimum Gasteiger partial charge on any atom is -0.379 e. The first-order chi connectivity index (χ1) is 9.72. The Labute approximate surface area is 125 Å². The molecule has 7 heteroatoms. The number of Topliss-reactive ketones (excluding diaryl/α,β-unsaturated/α-hetero) is 1. The lowest BCUT2D eigenvalue weighted by Crippen LogP contribution is -2.44. The molecule has 0 aromatic carbocycles. The Kier molecular flexibility index (Phi) is 9.56. The number of ketones is 1. The van der Waals surface area contributed by atoms with Crippen molar-refractivity contribution in [2.75, 3.05) is 19.6 Å². The largest absolute Gasteiger partial charge is 0.379 e. The molecule has 0 fully saturated rings. The summed E-state index contributed by atoms with van der Waals surface area (Å²) in [7, 11) is 0. The lowest BCUT2D eigenvalue weighted by Gasteiger charge is -2.14. The number of aliphatic hydroxyl groups excluding tert-OH is 1. The van der Waals surface area contributed by atoms with E-state index >= 15 is 0 Å². The van der Waals surface area contributed by atoms with E-state index < -0.39 is 12.1 Å². The van der Waals surface area contributed by atoms with Crippen molar-refractivity contribution in [3.63, 3.8) is 0 Å². The summed E-state index contributed by atoms with van der Waals surface area (Å²) in [4.78, 5) is 34.2. The molecule has 1 atom stereocenters. The lowest BCUT2D eigenvalue weighted by molar-refractivity contribution is -0.127. The third-order valence-electron chi connectivity index (χ3n) is 2.74. The van der Waals surface area contributed by atoms with E-state index in [1.165, 1.54) is 0 Å². The highest BCUT2D eigenvalue weighted by Crippen LogP contribution is 2.01. The molecule has 0 aromatic rings. The van der Waals surface area contributed by atoms with Crippen molar-refractivity contribution in [1.82, 2.24) is 16.0 Å². The van der Waals surface area contributed by atoms with Gasteiger partial charge in [-0.3, -0.25) is 19.7 Å². The standard InChI is InChI=1S/C14H27N3O4/c1-9(2)5-12(19)16-7-14(21)17-8-13(20)15-6-11(18)10(3)4/h9-10,12,16,19H,5-8H2,1-4H3,(H,15,20)(H,17,21). The van der Waals surface area contributed by atoms with Crippen LogP contribution < -0.4 is 16.0 Å². The van der Waals surface area contributed by atoms with Crippen LogP contribution in [0.2, 0.25) is 0 Å². The molecule has 0 spiro atoms. The van der Waals surface area contributed by atoms with Gasteiger partial charge in [-0.1, -0.05) is 27.7 Å². The van der Waals surface area contributed by atoms with E-state index in [4.69, 9.17) is 0 Å². The first kappa shape index (κ1) is 19.5. The average Bonchev–Trinajstić information content (AvgIpc) is 2.39. The third kappa shape index (κ3) is 10.9. The van der Waals surface area contributed by atoms with Gasteiger partial charge in [0.2, 0.25) is 11.8 Å². The monoisotopic (exact) mass is 301 g/mol. The summed E-state index contributed by atoms with van der Waals surface area (Å²) in [6, 6.07) is 0. The van der Waals surface area contributed by atoms with Gasteiger partial charge in [0.15, 0.2) is 5.78 Å². The van der Waals surface area contributed by atoms with Gasteiger partial charge < -0.3 is 15.7 Å². The second kappa shape index (κ2) is 10.3. The zero-order chi connectivity index (χ0) is 16.4. The van der Waals surface area contributed by atoms with Crippen LogP contribution in [0, 0.1) is 11.8 Å². The topological polar surface area (TPSA) is 108 Å². The van der Waals surface area contributed by atoms with Crippen molar-refractivity contribution < 1.29 is 19.5 Å².